The number of nitrogens with zero attached hydrogens (tertiary/aromatic N) is 3. The molecule has 0 bridgehead atoms. The Morgan fingerprint density at radius 2 is 1.96 bits per heavy atom. The fourth-order valence-corrected chi connectivity index (χ4v) is 5.20. The fraction of sp³-hybridized carbons (Fsp3) is 0.526. The number of nitrogens with one attached hydrogen (secondary N) is 1. The second-order valence-corrected chi connectivity index (χ2v) is 8.72. The summed E-state index contributed by atoms with van der Waals surface area (Å²) in [6.07, 6.45) is 3.17. The van der Waals surface area contributed by atoms with Crippen molar-refractivity contribution >= 4 is 10.0 Å². The van der Waals surface area contributed by atoms with Crippen LogP contribution in [0.15, 0.2) is 35.2 Å². The van der Waals surface area contributed by atoms with Gasteiger partial charge >= 0.3 is 0 Å². The molecule has 0 radical (unpaired) electrons. The Morgan fingerprint density at radius 1 is 1.22 bits per heavy atom. The van der Waals surface area contributed by atoms with Crippen LogP contribution in [-0.2, 0) is 10.0 Å². The summed E-state index contributed by atoms with van der Waals surface area (Å²) in [6.45, 7) is 5.41. The normalized spacial score (nSPS) is 18.7. The maximum absolute atomic E-state index is 12.9. The van der Waals surface area contributed by atoms with Gasteiger partial charge in [-0.1, -0.05) is 24.6 Å². The predicted molar refractivity (Wildman–Crippen MR) is 105 cm³/mol. The number of likely N-dealkylation sites (tertiary alicyclic amines) is 1. The van der Waals surface area contributed by atoms with Crippen molar-refractivity contribution < 1.29 is 13.5 Å². The van der Waals surface area contributed by atoms with Gasteiger partial charge < -0.3 is 5.11 Å². The number of piperidine rings is 1. The largest absolute Gasteiger partial charge is 0.395 e. The maximum Gasteiger partial charge on any atom is 0.244 e. The lowest BCUT2D eigenvalue weighted by Gasteiger charge is -2.34. The van der Waals surface area contributed by atoms with E-state index in [1.807, 2.05) is 30.3 Å². The van der Waals surface area contributed by atoms with Gasteiger partial charge in [0.1, 0.15) is 4.90 Å². The molecule has 1 aromatic carbocycles. The van der Waals surface area contributed by atoms with Crippen molar-refractivity contribution in [2.24, 2.45) is 0 Å². The summed E-state index contributed by atoms with van der Waals surface area (Å²) < 4.78 is 30.1. The van der Waals surface area contributed by atoms with Crippen molar-refractivity contribution in [3.63, 3.8) is 0 Å². The molecule has 1 aliphatic heterocycles. The molecule has 1 aromatic heterocycles. The van der Waals surface area contributed by atoms with E-state index in [2.05, 4.69) is 14.7 Å². The first-order valence-electron chi connectivity index (χ1n) is 9.40. The number of sulfonamides is 1. The Morgan fingerprint density at radius 3 is 2.67 bits per heavy atom. The van der Waals surface area contributed by atoms with Crippen LogP contribution in [0.25, 0.3) is 5.69 Å². The molecule has 27 heavy (non-hydrogen) atoms. The Kier molecular flexibility index (Phi) is 6.31. The number of aryl methyl sites for hydroxylation is 1. The van der Waals surface area contributed by atoms with Crippen LogP contribution < -0.4 is 4.72 Å². The van der Waals surface area contributed by atoms with E-state index >= 15 is 0 Å². The van der Waals surface area contributed by atoms with Crippen LogP contribution in [0.4, 0.5) is 0 Å². The van der Waals surface area contributed by atoms with Crippen LogP contribution in [0.5, 0.6) is 0 Å². The van der Waals surface area contributed by atoms with Crippen LogP contribution in [0, 0.1) is 13.8 Å². The van der Waals surface area contributed by atoms with Gasteiger partial charge in [0.25, 0.3) is 0 Å². The maximum atomic E-state index is 12.9. The summed E-state index contributed by atoms with van der Waals surface area (Å²) in [7, 11) is -3.66. The van der Waals surface area contributed by atoms with Crippen molar-refractivity contribution in [2.75, 3.05) is 26.2 Å². The van der Waals surface area contributed by atoms with Gasteiger partial charge in [0, 0.05) is 19.1 Å². The number of aliphatic hydroxyl groups is 1. The summed E-state index contributed by atoms with van der Waals surface area (Å²) in [5.74, 6) is 0. The minimum Gasteiger partial charge on any atom is -0.395 e. The van der Waals surface area contributed by atoms with Gasteiger partial charge in [-0.3, -0.25) is 4.90 Å². The summed E-state index contributed by atoms with van der Waals surface area (Å²) in [6, 6.07) is 9.63. The Hall–Kier alpha value is -1.74. The van der Waals surface area contributed by atoms with Crippen molar-refractivity contribution in [3.05, 3.63) is 41.7 Å². The molecule has 2 N–H and O–H groups in total. The van der Waals surface area contributed by atoms with Crippen molar-refractivity contribution in [3.8, 4) is 5.69 Å². The topological polar surface area (TPSA) is 87.5 Å². The molecule has 0 saturated carbocycles. The molecule has 1 atom stereocenters. The highest BCUT2D eigenvalue weighted by molar-refractivity contribution is 7.89. The molecule has 8 heteroatoms. The highest BCUT2D eigenvalue weighted by Gasteiger charge is 2.26. The number of rotatable bonds is 7. The van der Waals surface area contributed by atoms with Gasteiger partial charge in [-0.2, -0.15) is 5.10 Å². The zero-order chi connectivity index (χ0) is 19.4. The molecule has 1 saturated heterocycles. The SMILES string of the molecule is Cc1nn(-c2ccccc2)c(C)c1S(=O)(=O)NCCN1CCCCC1CO. The summed E-state index contributed by atoms with van der Waals surface area (Å²) in [5.41, 5.74) is 1.91. The number of hydrogen-bond acceptors (Lipinski definition) is 5. The van der Waals surface area contributed by atoms with Gasteiger partial charge in [-0.15, -0.1) is 0 Å². The minimum absolute atomic E-state index is 0.120. The van der Waals surface area contributed by atoms with E-state index in [0.717, 1.165) is 31.5 Å². The third-order valence-electron chi connectivity index (χ3n) is 5.15. The van der Waals surface area contributed by atoms with Crippen LogP contribution in [-0.4, -0.2) is 60.5 Å². The molecule has 2 heterocycles. The number of hydrogen-bond donors (Lipinski definition) is 2. The lowest BCUT2D eigenvalue weighted by atomic mass is 10.0. The molecular formula is C19H28N4O3S. The molecule has 0 spiro atoms. The van der Waals surface area contributed by atoms with Crippen LogP contribution in [0.1, 0.15) is 30.7 Å². The minimum atomic E-state index is -3.66. The molecule has 1 aliphatic rings. The molecule has 7 nitrogen and oxygen atoms in total. The first-order chi connectivity index (χ1) is 12.9. The van der Waals surface area contributed by atoms with E-state index in [9.17, 15) is 13.5 Å². The van der Waals surface area contributed by atoms with E-state index in [-0.39, 0.29) is 17.5 Å². The smallest absolute Gasteiger partial charge is 0.244 e. The first kappa shape index (κ1) is 20.0. The molecule has 0 amide bonds. The lowest BCUT2D eigenvalue weighted by Crippen LogP contribution is -2.45. The molecule has 148 valence electrons. The summed E-state index contributed by atoms with van der Waals surface area (Å²) in [4.78, 5) is 2.41. The number of para-hydroxylation sites is 1. The monoisotopic (exact) mass is 392 g/mol. The number of aliphatic hydroxyl groups excluding tert-OH is 1. The molecule has 3 rings (SSSR count). The van der Waals surface area contributed by atoms with Crippen molar-refractivity contribution in [1.29, 1.82) is 0 Å². The van der Waals surface area contributed by atoms with Crippen LogP contribution in [0.2, 0.25) is 0 Å². The molecule has 2 aromatic rings. The third-order valence-corrected chi connectivity index (χ3v) is 6.86. The second kappa shape index (κ2) is 8.52. The standard InChI is InChI=1S/C19H28N4O3S/c1-15-19(16(2)23(21-15)17-8-4-3-5-9-17)27(25,26)20-11-13-22-12-7-6-10-18(22)14-24/h3-5,8-9,18,20,24H,6-7,10-14H2,1-2H3. The molecule has 1 unspecified atom stereocenters. The van der Waals surface area contributed by atoms with E-state index in [0.29, 0.717) is 24.5 Å². The summed E-state index contributed by atoms with van der Waals surface area (Å²) in [5, 5.41) is 13.9. The van der Waals surface area contributed by atoms with Crippen LogP contribution in [0.3, 0.4) is 0 Å². The van der Waals surface area contributed by atoms with Gasteiger partial charge in [0.05, 0.1) is 23.7 Å². The highest BCUT2D eigenvalue weighted by atomic mass is 32.2. The Bertz CT molecular complexity index is 865. The van der Waals surface area contributed by atoms with E-state index < -0.39 is 10.0 Å². The predicted octanol–water partition coefficient (Wildman–Crippen LogP) is 1.61. The van der Waals surface area contributed by atoms with Crippen molar-refractivity contribution in [1.82, 2.24) is 19.4 Å². The van der Waals surface area contributed by atoms with Crippen LogP contribution >= 0.6 is 0 Å². The average Bonchev–Trinajstić information content (AvgIpc) is 2.97. The second-order valence-electron chi connectivity index (χ2n) is 7.01. The number of benzene rings is 1. The Balaban J connectivity index is 1.73. The van der Waals surface area contributed by atoms with E-state index in [4.69, 9.17) is 0 Å². The zero-order valence-corrected chi connectivity index (χ0v) is 16.7. The zero-order valence-electron chi connectivity index (χ0n) is 15.9. The third kappa shape index (κ3) is 4.40. The van der Waals surface area contributed by atoms with Gasteiger partial charge in [-0.25, -0.2) is 17.8 Å². The Labute approximate surface area is 161 Å². The average molecular weight is 393 g/mol. The molecule has 1 fully saturated rings. The quantitative estimate of drug-likeness (QED) is 0.748. The summed E-state index contributed by atoms with van der Waals surface area (Å²) >= 11 is 0. The fourth-order valence-electron chi connectivity index (χ4n) is 3.79. The van der Waals surface area contributed by atoms with Gasteiger partial charge in [0.15, 0.2) is 0 Å². The van der Waals surface area contributed by atoms with Crippen molar-refractivity contribution in [2.45, 2.75) is 44.0 Å². The van der Waals surface area contributed by atoms with E-state index in [1.54, 1.807) is 18.5 Å². The lowest BCUT2D eigenvalue weighted by molar-refractivity contribution is 0.0923. The van der Waals surface area contributed by atoms with Gasteiger partial charge in [-0.05, 0) is 45.4 Å². The van der Waals surface area contributed by atoms with E-state index in [1.165, 1.54) is 0 Å². The molecule has 0 aliphatic carbocycles. The number of aromatic nitrogens is 2. The highest BCUT2D eigenvalue weighted by Crippen LogP contribution is 2.22. The van der Waals surface area contributed by atoms with Gasteiger partial charge in [0.2, 0.25) is 10.0 Å². The first-order valence-corrected chi connectivity index (χ1v) is 10.9. The molecular weight excluding hydrogens is 364 g/mol.